The molecule has 4 rings (SSSR count). The Labute approximate surface area is 214 Å². The maximum absolute atomic E-state index is 13.4. The highest BCUT2D eigenvalue weighted by atomic mass is 35.5. The molecule has 12 nitrogen and oxygen atoms in total. The van der Waals surface area contributed by atoms with Gasteiger partial charge in [0.2, 0.25) is 21.9 Å². The fourth-order valence-electron chi connectivity index (χ4n) is 3.78. The van der Waals surface area contributed by atoms with Crippen molar-refractivity contribution in [2.24, 2.45) is 0 Å². The number of nitrogens with one attached hydrogen (secondary N) is 1. The number of nitrogens with zero attached hydrogens (tertiary/aromatic N) is 6. The van der Waals surface area contributed by atoms with E-state index in [1.54, 1.807) is 36.6 Å². The van der Waals surface area contributed by atoms with E-state index in [1.165, 1.54) is 19.5 Å². The molecule has 36 heavy (non-hydrogen) atoms. The molecule has 0 aliphatic carbocycles. The largest absolute Gasteiger partial charge is 0.481 e. The number of aromatic nitrogens is 6. The molecule has 1 N–H and O–H groups in total. The molecule has 0 bridgehead atoms. The summed E-state index contributed by atoms with van der Waals surface area (Å²) in [5.41, 5.74) is 0.465. The second kappa shape index (κ2) is 11.0. The smallest absolute Gasteiger partial charge is 0.238 e. The lowest BCUT2D eigenvalue weighted by molar-refractivity contribution is -0.104. The fraction of sp³-hybridized carbons (Fsp3) is 0.500. The van der Waals surface area contributed by atoms with Gasteiger partial charge in [0.1, 0.15) is 17.6 Å². The van der Waals surface area contributed by atoms with Crippen LogP contribution in [0.15, 0.2) is 30.6 Å². The quantitative estimate of drug-likeness (QED) is 0.432. The van der Waals surface area contributed by atoms with Crippen LogP contribution >= 0.6 is 11.6 Å². The molecule has 0 spiro atoms. The van der Waals surface area contributed by atoms with Crippen molar-refractivity contribution in [3.05, 3.63) is 41.4 Å². The van der Waals surface area contributed by atoms with E-state index in [1.807, 2.05) is 6.92 Å². The number of halogens is 1. The van der Waals surface area contributed by atoms with E-state index in [-0.39, 0.29) is 18.1 Å². The van der Waals surface area contributed by atoms with Gasteiger partial charge in [0.05, 0.1) is 43.2 Å². The first-order chi connectivity index (χ1) is 17.2. The summed E-state index contributed by atoms with van der Waals surface area (Å²) in [5, 5.41) is 7.91. The molecule has 1 aliphatic rings. The molecule has 4 heterocycles. The Balaban J connectivity index is 1.69. The lowest BCUT2D eigenvalue weighted by Gasteiger charge is -2.30. The molecule has 0 radical (unpaired) electrons. The molecule has 0 aromatic carbocycles. The number of hydrogen-bond acceptors (Lipinski definition) is 10. The van der Waals surface area contributed by atoms with Gasteiger partial charge in [0.25, 0.3) is 0 Å². The Bertz CT molecular complexity index is 1280. The average molecular weight is 538 g/mol. The van der Waals surface area contributed by atoms with Crippen molar-refractivity contribution in [3.8, 4) is 17.4 Å². The summed E-state index contributed by atoms with van der Waals surface area (Å²) in [7, 11) is -2.43. The van der Waals surface area contributed by atoms with Gasteiger partial charge in [-0.3, -0.25) is 9.29 Å². The van der Waals surface area contributed by atoms with E-state index in [0.717, 1.165) is 0 Å². The summed E-state index contributed by atoms with van der Waals surface area (Å²) in [6, 6.07) is 4.84. The van der Waals surface area contributed by atoms with Crippen LogP contribution in [-0.2, 0) is 19.5 Å². The molecular formula is C22H28ClN7O5S. The molecule has 1 saturated heterocycles. The number of sulfonamides is 1. The third-order valence-corrected chi connectivity index (χ3v) is 8.17. The van der Waals surface area contributed by atoms with Gasteiger partial charge in [-0.05, 0) is 19.9 Å². The molecule has 1 aliphatic heterocycles. The zero-order valence-electron chi connectivity index (χ0n) is 20.3. The monoisotopic (exact) mass is 537 g/mol. The fourth-order valence-corrected chi connectivity index (χ4v) is 5.12. The molecule has 0 amide bonds. The van der Waals surface area contributed by atoms with Crippen LogP contribution in [0.25, 0.3) is 11.5 Å². The van der Waals surface area contributed by atoms with Crippen molar-refractivity contribution >= 4 is 27.6 Å². The molecule has 2 unspecified atom stereocenters. The van der Waals surface area contributed by atoms with Gasteiger partial charge >= 0.3 is 0 Å². The molecule has 4 atom stereocenters. The predicted octanol–water partition coefficient (Wildman–Crippen LogP) is 2.70. The Hall–Kier alpha value is -2.87. The minimum absolute atomic E-state index is 0.0346. The Kier molecular flexibility index (Phi) is 8.03. The molecular weight excluding hydrogens is 510 g/mol. The first kappa shape index (κ1) is 26.2. The van der Waals surface area contributed by atoms with Gasteiger partial charge in [0, 0.05) is 24.4 Å². The highest BCUT2D eigenvalue weighted by molar-refractivity contribution is 7.93. The number of methoxy groups -OCH3 is 1. The van der Waals surface area contributed by atoms with E-state index >= 15 is 0 Å². The molecule has 1 fully saturated rings. The average Bonchev–Trinajstić information content (AvgIpc) is 3.31. The van der Waals surface area contributed by atoms with Crippen molar-refractivity contribution in [2.45, 2.75) is 44.1 Å². The van der Waals surface area contributed by atoms with E-state index < -0.39 is 21.2 Å². The van der Waals surface area contributed by atoms with Gasteiger partial charge in [-0.15, -0.1) is 10.2 Å². The van der Waals surface area contributed by atoms with Crippen LogP contribution in [-0.4, -0.2) is 76.4 Å². The van der Waals surface area contributed by atoms with E-state index in [4.69, 9.17) is 25.8 Å². The molecule has 14 heteroatoms. The number of rotatable bonds is 9. The lowest BCUT2D eigenvalue weighted by Crippen LogP contribution is -2.37. The highest BCUT2D eigenvalue weighted by Crippen LogP contribution is 2.30. The maximum Gasteiger partial charge on any atom is 0.238 e. The van der Waals surface area contributed by atoms with Crippen molar-refractivity contribution in [2.75, 3.05) is 31.7 Å². The summed E-state index contributed by atoms with van der Waals surface area (Å²) in [4.78, 5) is 12.8. The first-order valence-corrected chi connectivity index (χ1v) is 13.3. The Morgan fingerprint density at radius 3 is 2.58 bits per heavy atom. The van der Waals surface area contributed by atoms with Crippen LogP contribution < -0.4 is 9.46 Å². The summed E-state index contributed by atoms with van der Waals surface area (Å²) in [5.74, 6) is 0.617. The molecule has 194 valence electrons. The third kappa shape index (κ3) is 5.59. The standard InChI is InChI=1S/C22H28ClN7O5S/c1-13(20-24-10-16(23)11-25-20)15(3)36(31,32)29-22-28-27-21(17-6-5-7-19(26-17)33-4)30(22)14(2)18-12-34-8-9-35-18/h5-7,10-11,13-15,18H,8-9,12H2,1-4H3,(H,28,29)/t13?,14-,15?,18-/m0/s1. The van der Waals surface area contributed by atoms with Crippen LogP contribution in [0.3, 0.4) is 0 Å². The van der Waals surface area contributed by atoms with E-state index in [9.17, 15) is 8.42 Å². The van der Waals surface area contributed by atoms with Gasteiger partial charge in [-0.1, -0.05) is 24.6 Å². The zero-order valence-corrected chi connectivity index (χ0v) is 21.9. The van der Waals surface area contributed by atoms with Crippen molar-refractivity contribution in [3.63, 3.8) is 0 Å². The summed E-state index contributed by atoms with van der Waals surface area (Å²) in [6.45, 7) is 6.48. The number of pyridine rings is 1. The number of ether oxygens (including phenoxy) is 3. The second-order valence-electron chi connectivity index (χ2n) is 8.41. The summed E-state index contributed by atoms with van der Waals surface area (Å²) >= 11 is 5.87. The topological polar surface area (TPSA) is 143 Å². The molecule has 3 aromatic heterocycles. The second-order valence-corrected chi connectivity index (χ2v) is 10.9. The minimum atomic E-state index is -3.94. The summed E-state index contributed by atoms with van der Waals surface area (Å²) < 4.78 is 47.8. The Morgan fingerprint density at radius 1 is 1.17 bits per heavy atom. The van der Waals surface area contributed by atoms with E-state index in [0.29, 0.717) is 48.1 Å². The molecule has 3 aromatic rings. The minimum Gasteiger partial charge on any atom is -0.481 e. The zero-order chi connectivity index (χ0) is 25.9. The van der Waals surface area contributed by atoms with Gasteiger partial charge in [-0.25, -0.2) is 23.4 Å². The molecule has 0 saturated carbocycles. The van der Waals surface area contributed by atoms with Crippen LogP contribution in [0.1, 0.15) is 38.6 Å². The van der Waals surface area contributed by atoms with Crippen molar-refractivity contribution < 1.29 is 22.6 Å². The van der Waals surface area contributed by atoms with Crippen LogP contribution in [0.2, 0.25) is 5.02 Å². The lowest BCUT2D eigenvalue weighted by atomic mass is 10.1. The summed E-state index contributed by atoms with van der Waals surface area (Å²) in [6.07, 6.45) is 2.53. The van der Waals surface area contributed by atoms with Crippen LogP contribution in [0, 0.1) is 0 Å². The van der Waals surface area contributed by atoms with Gasteiger partial charge in [0.15, 0.2) is 5.82 Å². The van der Waals surface area contributed by atoms with Crippen LogP contribution in [0.5, 0.6) is 5.88 Å². The first-order valence-electron chi connectivity index (χ1n) is 11.4. The van der Waals surface area contributed by atoms with Gasteiger partial charge in [-0.2, -0.15) is 0 Å². The van der Waals surface area contributed by atoms with Crippen molar-refractivity contribution in [1.29, 1.82) is 0 Å². The SMILES string of the molecule is COc1cccc(-c2nnc(NS(=O)(=O)C(C)C(C)c3ncc(Cl)cn3)n2[C@@H](C)[C@@H]2COCCO2)n1. The Morgan fingerprint density at radius 2 is 1.92 bits per heavy atom. The normalized spacial score (nSPS) is 18.9. The van der Waals surface area contributed by atoms with Gasteiger partial charge < -0.3 is 14.2 Å². The third-order valence-electron chi connectivity index (χ3n) is 6.12. The van der Waals surface area contributed by atoms with Crippen molar-refractivity contribution in [1.82, 2.24) is 29.7 Å². The highest BCUT2D eigenvalue weighted by Gasteiger charge is 2.34. The predicted molar refractivity (Wildman–Crippen MR) is 133 cm³/mol. The van der Waals surface area contributed by atoms with E-state index in [2.05, 4.69) is 29.9 Å². The maximum atomic E-state index is 13.4. The number of hydrogen-bond donors (Lipinski definition) is 1. The van der Waals surface area contributed by atoms with Crippen LogP contribution in [0.4, 0.5) is 5.95 Å². The number of anilines is 1.